The SMILES string of the molecule is O=C(O)[C@@H]1C[C@H](Cc2ccccc2F)CN1. The monoisotopic (exact) mass is 223 g/mol. The third-order valence-corrected chi connectivity index (χ3v) is 2.99. The molecular formula is C12H14FNO2. The first-order valence-electron chi connectivity index (χ1n) is 5.36. The number of halogens is 1. The first-order valence-corrected chi connectivity index (χ1v) is 5.36. The number of carbonyl (C=O) groups is 1. The van der Waals surface area contributed by atoms with E-state index in [1.807, 2.05) is 0 Å². The van der Waals surface area contributed by atoms with Crippen LogP contribution in [0.4, 0.5) is 4.39 Å². The molecule has 4 heteroatoms. The number of nitrogens with one attached hydrogen (secondary N) is 1. The second-order valence-corrected chi connectivity index (χ2v) is 4.20. The normalized spacial score (nSPS) is 24.6. The largest absolute Gasteiger partial charge is 0.480 e. The van der Waals surface area contributed by atoms with Gasteiger partial charge in [0.1, 0.15) is 11.9 Å². The average molecular weight is 223 g/mol. The fraction of sp³-hybridized carbons (Fsp3) is 0.417. The molecule has 86 valence electrons. The number of benzene rings is 1. The van der Waals surface area contributed by atoms with Crippen molar-refractivity contribution in [3.63, 3.8) is 0 Å². The highest BCUT2D eigenvalue weighted by molar-refractivity contribution is 5.73. The van der Waals surface area contributed by atoms with E-state index in [-0.39, 0.29) is 11.7 Å². The van der Waals surface area contributed by atoms with Crippen molar-refractivity contribution in [2.45, 2.75) is 18.9 Å². The van der Waals surface area contributed by atoms with Crippen molar-refractivity contribution in [2.75, 3.05) is 6.54 Å². The van der Waals surface area contributed by atoms with Gasteiger partial charge in [-0.2, -0.15) is 0 Å². The van der Waals surface area contributed by atoms with Gasteiger partial charge in [-0.1, -0.05) is 18.2 Å². The van der Waals surface area contributed by atoms with E-state index >= 15 is 0 Å². The second-order valence-electron chi connectivity index (χ2n) is 4.20. The van der Waals surface area contributed by atoms with Crippen LogP contribution in [-0.2, 0) is 11.2 Å². The summed E-state index contributed by atoms with van der Waals surface area (Å²) in [4.78, 5) is 10.7. The highest BCUT2D eigenvalue weighted by atomic mass is 19.1. The summed E-state index contributed by atoms with van der Waals surface area (Å²) in [6, 6.07) is 6.17. The lowest BCUT2D eigenvalue weighted by Crippen LogP contribution is -2.29. The molecule has 1 fully saturated rings. The average Bonchev–Trinajstić information content (AvgIpc) is 2.70. The molecule has 2 N–H and O–H groups in total. The molecule has 0 aromatic heterocycles. The van der Waals surface area contributed by atoms with E-state index in [9.17, 15) is 9.18 Å². The predicted octanol–water partition coefficient (Wildman–Crippen LogP) is 1.43. The van der Waals surface area contributed by atoms with E-state index in [2.05, 4.69) is 5.32 Å². The fourth-order valence-corrected chi connectivity index (χ4v) is 2.13. The van der Waals surface area contributed by atoms with Gasteiger partial charge in [-0.05, 0) is 36.9 Å². The molecule has 0 aliphatic carbocycles. The molecule has 1 aliphatic heterocycles. The summed E-state index contributed by atoms with van der Waals surface area (Å²) in [5, 5.41) is 11.7. The Balaban J connectivity index is 1.97. The number of carboxylic acids is 1. The van der Waals surface area contributed by atoms with E-state index < -0.39 is 12.0 Å². The van der Waals surface area contributed by atoms with Crippen LogP contribution in [0.25, 0.3) is 0 Å². The van der Waals surface area contributed by atoms with Gasteiger partial charge in [-0.15, -0.1) is 0 Å². The molecule has 0 unspecified atom stereocenters. The van der Waals surface area contributed by atoms with Crippen LogP contribution in [0.5, 0.6) is 0 Å². The van der Waals surface area contributed by atoms with Crippen molar-refractivity contribution in [2.24, 2.45) is 5.92 Å². The summed E-state index contributed by atoms with van der Waals surface area (Å²) in [7, 11) is 0. The molecule has 0 amide bonds. The predicted molar refractivity (Wildman–Crippen MR) is 57.6 cm³/mol. The van der Waals surface area contributed by atoms with Gasteiger partial charge in [0.2, 0.25) is 0 Å². The molecule has 0 spiro atoms. The quantitative estimate of drug-likeness (QED) is 0.815. The van der Waals surface area contributed by atoms with Crippen LogP contribution in [0.3, 0.4) is 0 Å². The van der Waals surface area contributed by atoms with Crippen LogP contribution in [0.15, 0.2) is 24.3 Å². The van der Waals surface area contributed by atoms with Gasteiger partial charge in [0, 0.05) is 0 Å². The Morgan fingerprint density at radius 1 is 1.50 bits per heavy atom. The lowest BCUT2D eigenvalue weighted by atomic mass is 9.96. The lowest BCUT2D eigenvalue weighted by molar-refractivity contribution is -0.139. The second kappa shape index (κ2) is 4.61. The minimum absolute atomic E-state index is 0.206. The van der Waals surface area contributed by atoms with Crippen LogP contribution >= 0.6 is 0 Å². The number of hydrogen-bond donors (Lipinski definition) is 2. The smallest absolute Gasteiger partial charge is 0.320 e. The maximum absolute atomic E-state index is 13.4. The van der Waals surface area contributed by atoms with Crippen molar-refractivity contribution in [1.82, 2.24) is 5.32 Å². The number of aliphatic carboxylic acids is 1. The Morgan fingerprint density at radius 2 is 2.25 bits per heavy atom. The maximum atomic E-state index is 13.4. The molecule has 0 radical (unpaired) electrons. The summed E-state index contributed by atoms with van der Waals surface area (Å²) in [6.07, 6.45) is 1.17. The fourth-order valence-electron chi connectivity index (χ4n) is 2.13. The van der Waals surface area contributed by atoms with E-state index in [0.717, 1.165) is 0 Å². The zero-order valence-corrected chi connectivity index (χ0v) is 8.82. The minimum atomic E-state index is -0.823. The van der Waals surface area contributed by atoms with Gasteiger partial charge < -0.3 is 10.4 Å². The van der Waals surface area contributed by atoms with E-state index in [0.29, 0.717) is 24.9 Å². The van der Waals surface area contributed by atoms with Crippen LogP contribution in [0.1, 0.15) is 12.0 Å². The Kier molecular flexibility index (Phi) is 3.19. The molecule has 0 bridgehead atoms. The first kappa shape index (κ1) is 11.1. The molecule has 2 atom stereocenters. The van der Waals surface area contributed by atoms with Crippen LogP contribution in [-0.4, -0.2) is 23.7 Å². The third kappa shape index (κ3) is 2.39. The van der Waals surface area contributed by atoms with Crippen molar-refractivity contribution in [3.05, 3.63) is 35.6 Å². The van der Waals surface area contributed by atoms with Crippen molar-refractivity contribution in [1.29, 1.82) is 0 Å². The Hall–Kier alpha value is -1.42. The number of hydrogen-bond acceptors (Lipinski definition) is 2. The molecule has 1 saturated heterocycles. The summed E-state index contributed by atoms with van der Waals surface area (Å²) >= 11 is 0. The molecule has 2 rings (SSSR count). The van der Waals surface area contributed by atoms with E-state index in [4.69, 9.17) is 5.11 Å². The van der Waals surface area contributed by atoms with Gasteiger partial charge in [-0.25, -0.2) is 4.39 Å². The lowest BCUT2D eigenvalue weighted by Gasteiger charge is -2.08. The highest BCUT2D eigenvalue weighted by Gasteiger charge is 2.29. The van der Waals surface area contributed by atoms with Gasteiger partial charge in [-0.3, -0.25) is 4.79 Å². The van der Waals surface area contributed by atoms with Crippen molar-refractivity contribution in [3.8, 4) is 0 Å². The summed E-state index contributed by atoms with van der Waals surface area (Å²) in [5.41, 5.74) is 0.667. The van der Waals surface area contributed by atoms with Crippen LogP contribution in [0, 0.1) is 11.7 Å². The van der Waals surface area contributed by atoms with Gasteiger partial charge in [0.05, 0.1) is 0 Å². The summed E-state index contributed by atoms with van der Waals surface area (Å²) < 4.78 is 13.4. The summed E-state index contributed by atoms with van der Waals surface area (Å²) in [6.45, 7) is 0.644. The Morgan fingerprint density at radius 3 is 2.88 bits per heavy atom. The van der Waals surface area contributed by atoms with Crippen molar-refractivity contribution < 1.29 is 14.3 Å². The molecule has 1 heterocycles. The van der Waals surface area contributed by atoms with Gasteiger partial charge >= 0.3 is 5.97 Å². The molecule has 1 aromatic carbocycles. The Bertz CT molecular complexity index is 394. The highest BCUT2D eigenvalue weighted by Crippen LogP contribution is 2.20. The van der Waals surface area contributed by atoms with E-state index in [1.165, 1.54) is 6.07 Å². The van der Waals surface area contributed by atoms with Crippen LogP contribution < -0.4 is 5.32 Å². The molecular weight excluding hydrogens is 209 g/mol. The van der Waals surface area contributed by atoms with E-state index in [1.54, 1.807) is 18.2 Å². The third-order valence-electron chi connectivity index (χ3n) is 2.99. The molecule has 1 aliphatic rings. The Labute approximate surface area is 93.3 Å². The van der Waals surface area contributed by atoms with Crippen molar-refractivity contribution >= 4 is 5.97 Å². The zero-order valence-electron chi connectivity index (χ0n) is 8.82. The van der Waals surface area contributed by atoms with Gasteiger partial charge in [0.15, 0.2) is 0 Å². The number of carboxylic acid groups (broad SMARTS) is 1. The molecule has 3 nitrogen and oxygen atoms in total. The standard InChI is InChI=1S/C12H14FNO2/c13-10-4-2-1-3-9(10)5-8-6-11(12(15)16)14-7-8/h1-4,8,11,14H,5-7H2,(H,15,16)/t8-,11-/m0/s1. The minimum Gasteiger partial charge on any atom is -0.480 e. The molecule has 16 heavy (non-hydrogen) atoms. The van der Waals surface area contributed by atoms with Crippen LogP contribution in [0.2, 0.25) is 0 Å². The zero-order chi connectivity index (χ0) is 11.5. The first-order chi connectivity index (χ1) is 7.66. The molecule has 0 saturated carbocycles. The number of rotatable bonds is 3. The van der Waals surface area contributed by atoms with Gasteiger partial charge in [0.25, 0.3) is 0 Å². The molecule has 1 aromatic rings. The summed E-state index contributed by atoms with van der Waals surface area (Å²) in [5.74, 6) is -0.824. The topological polar surface area (TPSA) is 49.3 Å². The maximum Gasteiger partial charge on any atom is 0.320 e.